The van der Waals surface area contributed by atoms with Crippen LogP contribution in [0.5, 0.6) is 0 Å². The van der Waals surface area contributed by atoms with Crippen molar-refractivity contribution in [3.8, 4) is 0 Å². The monoisotopic (exact) mass is 272 g/mol. The van der Waals surface area contributed by atoms with E-state index in [4.69, 9.17) is 0 Å². The standard InChI is InChI=1S/C16H20N2O2/c19-14-9-8-13(17-14)15(20)18-16(10-4-5-11-16)12-6-2-1-3-7-12/h1-3,6-7,13H,4-5,8-11H2,(H,17,19)(H,18,20). The summed E-state index contributed by atoms with van der Waals surface area (Å²) in [6.07, 6.45) is 5.27. The van der Waals surface area contributed by atoms with Gasteiger partial charge in [-0.2, -0.15) is 0 Å². The number of carbonyl (C=O) groups excluding carboxylic acids is 2. The quantitative estimate of drug-likeness (QED) is 0.882. The molecule has 0 radical (unpaired) electrons. The Morgan fingerprint density at radius 2 is 1.90 bits per heavy atom. The van der Waals surface area contributed by atoms with Gasteiger partial charge in [-0.25, -0.2) is 0 Å². The van der Waals surface area contributed by atoms with Gasteiger partial charge in [-0.05, 0) is 24.8 Å². The van der Waals surface area contributed by atoms with Crippen molar-refractivity contribution in [1.82, 2.24) is 10.6 Å². The molecular formula is C16H20N2O2. The Hall–Kier alpha value is -1.84. The fourth-order valence-corrected chi connectivity index (χ4v) is 3.36. The minimum atomic E-state index is -0.358. The second-order valence-electron chi connectivity index (χ2n) is 5.80. The fourth-order valence-electron chi connectivity index (χ4n) is 3.36. The first kappa shape index (κ1) is 13.2. The maximum atomic E-state index is 12.4. The Morgan fingerprint density at radius 3 is 2.50 bits per heavy atom. The Kier molecular flexibility index (Phi) is 3.47. The average molecular weight is 272 g/mol. The Morgan fingerprint density at radius 1 is 1.20 bits per heavy atom. The van der Waals surface area contributed by atoms with Crippen LogP contribution < -0.4 is 10.6 Å². The van der Waals surface area contributed by atoms with E-state index in [2.05, 4.69) is 22.8 Å². The lowest BCUT2D eigenvalue weighted by atomic mass is 9.87. The summed E-state index contributed by atoms with van der Waals surface area (Å²) in [6.45, 7) is 0. The van der Waals surface area contributed by atoms with Gasteiger partial charge in [0.15, 0.2) is 0 Å². The molecule has 0 bridgehead atoms. The van der Waals surface area contributed by atoms with Crippen molar-refractivity contribution >= 4 is 11.8 Å². The van der Waals surface area contributed by atoms with Crippen molar-refractivity contribution in [3.63, 3.8) is 0 Å². The van der Waals surface area contributed by atoms with Gasteiger partial charge in [-0.1, -0.05) is 43.2 Å². The molecule has 4 heteroatoms. The summed E-state index contributed by atoms with van der Waals surface area (Å²) in [5.74, 6) is -0.0630. The van der Waals surface area contributed by atoms with Crippen molar-refractivity contribution in [3.05, 3.63) is 35.9 Å². The van der Waals surface area contributed by atoms with Crippen molar-refractivity contribution in [2.45, 2.75) is 50.1 Å². The fraction of sp³-hybridized carbons (Fsp3) is 0.500. The highest BCUT2D eigenvalue weighted by Gasteiger charge is 2.39. The molecule has 1 unspecified atom stereocenters. The number of nitrogens with one attached hydrogen (secondary N) is 2. The molecule has 1 aromatic rings. The number of hydrogen-bond acceptors (Lipinski definition) is 2. The molecule has 1 heterocycles. The van der Waals surface area contributed by atoms with E-state index in [1.165, 1.54) is 5.56 Å². The molecule has 1 aliphatic heterocycles. The summed E-state index contributed by atoms with van der Waals surface area (Å²) < 4.78 is 0. The van der Waals surface area contributed by atoms with E-state index in [1.54, 1.807) is 0 Å². The molecule has 1 saturated carbocycles. The zero-order valence-corrected chi connectivity index (χ0v) is 11.5. The van der Waals surface area contributed by atoms with Gasteiger partial charge in [0.25, 0.3) is 0 Å². The summed E-state index contributed by atoms with van der Waals surface area (Å²) in [4.78, 5) is 23.7. The van der Waals surface area contributed by atoms with Gasteiger partial charge in [0, 0.05) is 6.42 Å². The van der Waals surface area contributed by atoms with Crippen molar-refractivity contribution < 1.29 is 9.59 Å². The van der Waals surface area contributed by atoms with E-state index >= 15 is 0 Å². The van der Waals surface area contributed by atoms with Crippen molar-refractivity contribution in [1.29, 1.82) is 0 Å². The molecule has 1 aliphatic carbocycles. The molecule has 4 nitrogen and oxygen atoms in total. The third-order valence-corrected chi connectivity index (χ3v) is 4.46. The summed E-state index contributed by atoms with van der Waals surface area (Å²) in [5.41, 5.74) is 0.932. The SMILES string of the molecule is O=C1CCC(C(=O)NC2(c3ccccc3)CCCC2)N1. The first-order valence-corrected chi connectivity index (χ1v) is 7.37. The van der Waals surface area contributed by atoms with Crippen LogP contribution in [0.4, 0.5) is 0 Å². The number of amides is 2. The molecule has 2 N–H and O–H groups in total. The van der Waals surface area contributed by atoms with E-state index in [0.29, 0.717) is 12.8 Å². The van der Waals surface area contributed by atoms with Crippen LogP contribution in [-0.2, 0) is 15.1 Å². The zero-order chi connectivity index (χ0) is 14.0. The largest absolute Gasteiger partial charge is 0.345 e. The predicted octanol–water partition coefficient (Wildman–Crippen LogP) is 1.85. The first-order chi connectivity index (χ1) is 9.70. The van der Waals surface area contributed by atoms with Crippen molar-refractivity contribution in [2.24, 2.45) is 0 Å². The summed E-state index contributed by atoms with van der Waals surface area (Å²) in [7, 11) is 0. The van der Waals surface area contributed by atoms with Gasteiger partial charge in [0.2, 0.25) is 11.8 Å². The summed E-state index contributed by atoms with van der Waals surface area (Å²) >= 11 is 0. The lowest BCUT2D eigenvalue weighted by molar-refractivity contribution is -0.127. The van der Waals surface area contributed by atoms with E-state index in [-0.39, 0.29) is 23.4 Å². The first-order valence-electron chi connectivity index (χ1n) is 7.37. The predicted molar refractivity (Wildman–Crippen MR) is 75.9 cm³/mol. The summed E-state index contributed by atoms with van der Waals surface area (Å²) in [5, 5.41) is 5.96. The minimum absolute atomic E-state index is 0.0228. The third kappa shape index (κ3) is 2.42. The normalized spacial score (nSPS) is 24.4. The maximum absolute atomic E-state index is 12.4. The van der Waals surface area contributed by atoms with Crippen molar-refractivity contribution in [2.75, 3.05) is 0 Å². The van der Waals surface area contributed by atoms with E-state index in [0.717, 1.165) is 25.7 Å². The second-order valence-corrected chi connectivity index (χ2v) is 5.80. The Bertz CT molecular complexity index is 506. The molecule has 2 fully saturated rings. The van der Waals surface area contributed by atoms with Gasteiger partial charge in [-0.15, -0.1) is 0 Å². The van der Waals surface area contributed by atoms with Gasteiger partial charge in [-0.3, -0.25) is 9.59 Å². The number of benzene rings is 1. The molecule has 0 spiro atoms. The Balaban J connectivity index is 1.78. The second kappa shape index (κ2) is 5.27. The van der Waals surface area contributed by atoms with Crippen LogP contribution in [0.25, 0.3) is 0 Å². The molecular weight excluding hydrogens is 252 g/mol. The molecule has 3 rings (SSSR count). The molecule has 106 valence electrons. The van der Waals surface area contributed by atoms with Gasteiger partial charge in [0.05, 0.1) is 5.54 Å². The molecule has 2 amide bonds. The highest BCUT2D eigenvalue weighted by atomic mass is 16.2. The van der Waals surface area contributed by atoms with E-state index in [1.807, 2.05) is 18.2 Å². The van der Waals surface area contributed by atoms with E-state index in [9.17, 15) is 9.59 Å². The molecule has 0 aromatic heterocycles. The van der Waals surface area contributed by atoms with Crippen LogP contribution in [0.3, 0.4) is 0 Å². The maximum Gasteiger partial charge on any atom is 0.243 e. The minimum Gasteiger partial charge on any atom is -0.345 e. The highest BCUT2D eigenvalue weighted by molar-refractivity contribution is 5.91. The lowest BCUT2D eigenvalue weighted by Gasteiger charge is -2.32. The number of carbonyl (C=O) groups is 2. The van der Waals surface area contributed by atoms with Crippen LogP contribution in [-0.4, -0.2) is 17.9 Å². The molecule has 2 aliphatic rings. The Labute approximate surface area is 118 Å². The molecule has 20 heavy (non-hydrogen) atoms. The van der Waals surface area contributed by atoms with E-state index < -0.39 is 0 Å². The summed E-state index contributed by atoms with van der Waals surface area (Å²) in [6, 6.07) is 9.82. The molecule has 1 atom stereocenters. The molecule has 1 saturated heterocycles. The average Bonchev–Trinajstić information content (AvgIpc) is 3.10. The van der Waals surface area contributed by atoms with Gasteiger partial charge >= 0.3 is 0 Å². The van der Waals surface area contributed by atoms with Gasteiger partial charge < -0.3 is 10.6 Å². The number of rotatable bonds is 3. The van der Waals surface area contributed by atoms with Crippen LogP contribution >= 0.6 is 0 Å². The van der Waals surface area contributed by atoms with Crippen LogP contribution in [0.1, 0.15) is 44.1 Å². The lowest BCUT2D eigenvalue weighted by Crippen LogP contribution is -2.50. The van der Waals surface area contributed by atoms with Crippen LogP contribution in [0.15, 0.2) is 30.3 Å². The third-order valence-electron chi connectivity index (χ3n) is 4.46. The topological polar surface area (TPSA) is 58.2 Å². The number of hydrogen-bond donors (Lipinski definition) is 2. The molecule has 1 aromatic carbocycles. The zero-order valence-electron chi connectivity index (χ0n) is 11.5. The van der Waals surface area contributed by atoms with Crippen LogP contribution in [0.2, 0.25) is 0 Å². The van der Waals surface area contributed by atoms with Gasteiger partial charge in [0.1, 0.15) is 6.04 Å². The van der Waals surface area contributed by atoms with Crippen LogP contribution in [0, 0.1) is 0 Å². The highest BCUT2D eigenvalue weighted by Crippen LogP contribution is 2.38. The smallest absolute Gasteiger partial charge is 0.243 e.